The zero-order valence-electron chi connectivity index (χ0n) is 5.53. The van der Waals surface area contributed by atoms with E-state index in [1.165, 1.54) is 24.5 Å². The summed E-state index contributed by atoms with van der Waals surface area (Å²) in [5.41, 5.74) is 0.605. The van der Waals surface area contributed by atoms with E-state index in [1.807, 2.05) is 0 Å². The van der Waals surface area contributed by atoms with Crippen LogP contribution < -0.4 is 0 Å². The highest BCUT2D eigenvalue weighted by Crippen LogP contribution is 1.96. The first-order chi connectivity index (χ1) is 5.33. The summed E-state index contributed by atoms with van der Waals surface area (Å²) in [6, 6.07) is 1.80. The van der Waals surface area contributed by atoms with Gasteiger partial charge in [0.2, 0.25) is 0 Å². The summed E-state index contributed by atoms with van der Waals surface area (Å²) in [6.07, 6.45) is 4.61. The highest BCUT2D eigenvalue weighted by atomic mass is 19.1. The monoisotopic (exact) mass is 149 g/mol. The topological polar surface area (TPSA) is 49.6 Å². The molecule has 1 aromatic heterocycles. The Balaban J connectivity index is 2.84. The van der Waals surface area contributed by atoms with Gasteiger partial charge in [-0.15, -0.1) is 0 Å². The number of aromatic nitrogens is 2. The van der Waals surface area contributed by atoms with Crippen LogP contribution in [0.25, 0.3) is 6.08 Å². The maximum atomic E-state index is 12.1. The van der Waals surface area contributed by atoms with Gasteiger partial charge in [0.1, 0.15) is 0 Å². The maximum absolute atomic E-state index is 12.1. The van der Waals surface area contributed by atoms with Crippen LogP contribution in [0.3, 0.4) is 0 Å². The summed E-state index contributed by atoms with van der Waals surface area (Å²) in [6.45, 7) is 0. The van der Waals surface area contributed by atoms with E-state index >= 15 is 0 Å². The van der Waals surface area contributed by atoms with Crippen molar-refractivity contribution < 1.29 is 4.39 Å². The smallest absolute Gasteiger partial charge is 0.210 e. The molecule has 0 saturated heterocycles. The number of allylic oxidation sites excluding steroid dienone is 1. The Morgan fingerprint density at radius 1 is 1.45 bits per heavy atom. The predicted molar refractivity (Wildman–Crippen MR) is 36.6 cm³/mol. The van der Waals surface area contributed by atoms with Gasteiger partial charge >= 0.3 is 6.08 Å². The quantitative estimate of drug-likeness (QED) is 0.444. The average Bonchev–Trinajstić information content (AvgIpc) is 2.04. The van der Waals surface area contributed by atoms with Crippen molar-refractivity contribution in [1.29, 1.82) is 5.26 Å². The Bertz CT molecular complexity index is 296. The van der Waals surface area contributed by atoms with Crippen molar-refractivity contribution >= 4 is 6.08 Å². The first kappa shape index (κ1) is 7.35. The lowest BCUT2D eigenvalue weighted by Gasteiger charge is -1.87. The minimum absolute atomic E-state index is 0.605. The van der Waals surface area contributed by atoms with Crippen LogP contribution >= 0.6 is 0 Å². The van der Waals surface area contributed by atoms with E-state index in [0.717, 1.165) is 0 Å². The zero-order valence-corrected chi connectivity index (χ0v) is 5.53. The molecule has 1 aromatic rings. The highest BCUT2D eigenvalue weighted by Gasteiger charge is 1.89. The van der Waals surface area contributed by atoms with Gasteiger partial charge in [0.25, 0.3) is 0 Å². The SMILES string of the molecule is N#CC=Cc1cnc(F)nc1. The number of rotatable bonds is 1. The van der Waals surface area contributed by atoms with Crippen LogP contribution in [0.2, 0.25) is 0 Å². The van der Waals surface area contributed by atoms with Crippen molar-refractivity contribution in [3.05, 3.63) is 30.1 Å². The molecule has 4 heteroatoms. The fraction of sp³-hybridized carbons (Fsp3) is 0. The first-order valence-electron chi connectivity index (χ1n) is 2.86. The molecule has 0 amide bonds. The molecule has 0 saturated carbocycles. The normalized spacial score (nSPS) is 9.82. The molecule has 0 atom stereocenters. The van der Waals surface area contributed by atoms with E-state index in [1.54, 1.807) is 6.07 Å². The summed E-state index contributed by atoms with van der Waals surface area (Å²) in [5.74, 6) is 0. The fourth-order valence-corrected chi connectivity index (χ4v) is 0.542. The van der Waals surface area contributed by atoms with Gasteiger partial charge in [-0.2, -0.15) is 9.65 Å². The third-order valence-corrected chi connectivity index (χ3v) is 0.991. The van der Waals surface area contributed by atoms with Gasteiger partial charge in [-0.05, 0) is 6.08 Å². The summed E-state index contributed by atoms with van der Waals surface area (Å²) < 4.78 is 12.1. The summed E-state index contributed by atoms with van der Waals surface area (Å²) in [5, 5.41) is 8.13. The second-order valence-corrected chi connectivity index (χ2v) is 1.75. The number of hydrogen-bond donors (Lipinski definition) is 0. The molecular weight excluding hydrogens is 145 g/mol. The van der Waals surface area contributed by atoms with Crippen LogP contribution in [0, 0.1) is 17.4 Å². The fourth-order valence-electron chi connectivity index (χ4n) is 0.542. The van der Waals surface area contributed by atoms with Crippen LogP contribution in [-0.2, 0) is 0 Å². The molecule has 0 spiro atoms. The largest absolute Gasteiger partial charge is 0.308 e. The lowest BCUT2D eigenvalue weighted by Crippen LogP contribution is -1.86. The van der Waals surface area contributed by atoms with Gasteiger partial charge in [-0.1, -0.05) is 0 Å². The first-order valence-corrected chi connectivity index (χ1v) is 2.86. The van der Waals surface area contributed by atoms with Crippen LogP contribution in [0.15, 0.2) is 18.5 Å². The van der Waals surface area contributed by atoms with E-state index in [2.05, 4.69) is 9.97 Å². The van der Waals surface area contributed by atoms with Crippen LogP contribution in [0.4, 0.5) is 4.39 Å². The molecule has 0 aliphatic rings. The van der Waals surface area contributed by atoms with Gasteiger partial charge in [-0.3, -0.25) is 0 Å². The van der Waals surface area contributed by atoms with Gasteiger partial charge in [0.05, 0.1) is 6.07 Å². The van der Waals surface area contributed by atoms with Gasteiger partial charge in [-0.25, -0.2) is 9.97 Å². The molecule has 54 valence electrons. The molecule has 1 rings (SSSR count). The molecule has 0 unspecified atom stereocenters. The van der Waals surface area contributed by atoms with E-state index in [9.17, 15) is 4.39 Å². The number of nitrogens with zero attached hydrogens (tertiary/aromatic N) is 3. The van der Waals surface area contributed by atoms with Crippen LogP contribution in [-0.4, -0.2) is 9.97 Å². The van der Waals surface area contributed by atoms with Crippen molar-refractivity contribution in [2.24, 2.45) is 0 Å². The highest BCUT2D eigenvalue weighted by molar-refractivity contribution is 5.48. The maximum Gasteiger partial charge on any atom is 0.308 e. The minimum atomic E-state index is -0.765. The van der Waals surface area contributed by atoms with E-state index in [-0.39, 0.29) is 0 Å². The summed E-state index contributed by atoms with van der Waals surface area (Å²) in [7, 11) is 0. The van der Waals surface area contributed by atoms with Crippen LogP contribution in [0.5, 0.6) is 0 Å². The van der Waals surface area contributed by atoms with E-state index in [4.69, 9.17) is 5.26 Å². The molecule has 0 bridgehead atoms. The van der Waals surface area contributed by atoms with E-state index in [0.29, 0.717) is 5.56 Å². The molecule has 0 aromatic carbocycles. The Morgan fingerprint density at radius 2 is 2.09 bits per heavy atom. The second-order valence-electron chi connectivity index (χ2n) is 1.75. The summed E-state index contributed by atoms with van der Waals surface area (Å²) >= 11 is 0. The number of hydrogen-bond acceptors (Lipinski definition) is 3. The molecule has 0 N–H and O–H groups in total. The molecule has 0 radical (unpaired) electrons. The molecular formula is C7H4FN3. The Labute approximate surface area is 62.8 Å². The average molecular weight is 149 g/mol. The Morgan fingerprint density at radius 3 is 2.64 bits per heavy atom. The molecule has 11 heavy (non-hydrogen) atoms. The summed E-state index contributed by atoms with van der Waals surface area (Å²) in [4.78, 5) is 6.59. The third kappa shape index (κ3) is 2.14. The zero-order chi connectivity index (χ0) is 8.10. The van der Waals surface area contributed by atoms with Gasteiger partial charge in [0, 0.05) is 24.0 Å². The number of halogens is 1. The van der Waals surface area contributed by atoms with Gasteiger partial charge in [0.15, 0.2) is 0 Å². The second kappa shape index (κ2) is 3.42. The van der Waals surface area contributed by atoms with Crippen molar-refractivity contribution in [2.75, 3.05) is 0 Å². The van der Waals surface area contributed by atoms with Crippen molar-refractivity contribution in [3.8, 4) is 6.07 Å². The predicted octanol–water partition coefficient (Wildman–Crippen LogP) is 1.15. The van der Waals surface area contributed by atoms with Crippen molar-refractivity contribution in [3.63, 3.8) is 0 Å². The molecule has 0 fully saturated rings. The standard InChI is InChI=1S/C7H4FN3/c8-7-10-4-6(5-11-7)2-1-3-9/h1-2,4-5H. The number of nitriles is 1. The Hall–Kier alpha value is -1.76. The lowest BCUT2D eigenvalue weighted by atomic mass is 10.3. The molecule has 0 aliphatic heterocycles. The van der Waals surface area contributed by atoms with Crippen molar-refractivity contribution in [1.82, 2.24) is 9.97 Å². The third-order valence-electron chi connectivity index (χ3n) is 0.991. The van der Waals surface area contributed by atoms with Gasteiger partial charge < -0.3 is 0 Å². The lowest BCUT2D eigenvalue weighted by molar-refractivity contribution is 0.538. The molecule has 0 aliphatic carbocycles. The minimum Gasteiger partial charge on any atom is -0.210 e. The van der Waals surface area contributed by atoms with Crippen molar-refractivity contribution in [2.45, 2.75) is 0 Å². The van der Waals surface area contributed by atoms with Crippen LogP contribution in [0.1, 0.15) is 5.56 Å². The molecule has 1 heterocycles. The van der Waals surface area contributed by atoms with E-state index < -0.39 is 6.08 Å². The molecule has 3 nitrogen and oxygen atoms in total. The Kier molecular flexibility index (Phi) is 2.28.